The molecule has 1 aromatic heterocycles. The fourth-order valence-corrected chi connectivity index (χ4v) is 2.53. The average Bonchev–Trinajstić information content (AvgIpc) is 2.85. The number of nitrogens with zero attached hydrogens (tertiary/aromatic N) is 1. The lowest BCUT2D eigenvalue weighted by atomic mass is 9.99. The Balaban J connectivity index is 2.43. The number of fused-ring (bicyclic) bond motifs is 1. The van der Waals surface area contributed by atoms with Crippen LogP contribution < -0.4 is 0 Å². The maximum atomic E-state index is 12.3. The zero-order valence-corrected chi connectivity index (χ0v) is 11.3. The van der Waals surface area contributed by atoms with E-state index in [4.69, 9.17) is 0 Å². The first-order chi connectivity index (χ1) is 9.10. The van der Waals surface area contributed by atoms with E-state index >= 15 is 0 Å². The summed E-state index contributed by atoms with van der Waals surface area (Å²) in [7, 11) is 1.20. The Morgan fingerprint density at radius 1 is 1.47 bits per heavy atom. The number of thioether (sulfide) groups is 1. The van der Waals surface area contributed by atoms with E-state index in [9.17, 15) is 14.4 Å². The van der Waals surface area contributed by atoms with E-state index in [1.165, 1.54) is 24.9 Å². The minimum atomic E-state index is -0.736. The number of ketones is 2. The quantitative estimate of drug-likeness (QED) is 0.843. The predicted molar refractivity (Wildman–Crippen MR) is 69.4 cm³/mol. The second-order valence-electron chi connectivity index (χ2n) is 3.86. The number of carbonyl (C=O) groups excluding carboxylic acids is 3. The molecule has 0 atom stereocenters. The number of aromatic nitrogens is 2. The van der Waals surface area contributed by atoms with Crippen LogP contribution in [0.4, 0.5) is 0 Å². The molecule has 1 aliphatic rings. The number of allylic oxidation sites excluding steroid dienone is 2. The Morgan fingerprint density at radius 2 is 2.21 bits per heavy atom. The van der Waals surface area contributed by atoms with Gasteiger partial charge in [0.25, 0.3) is 0 Å². The summed E-state index contributed by atoms with van der Waals surface area (Å²) >= 11 is 1.30. The van der Waals surface area contributed by atoms with Crippen molar-refractivity contribution in [1.82, 2.24) is 10.2 Å². The Hall–Kier alpha value is -1.89. The summed E-state index contributed by atoms with van der Waals surface area (Å²) in [6.45, 7) is 1.98. The third kappa shape index (κ3) is 2.33. The molecule has 0 spiro atoms. The smallest absolute Gasteiger partial charge is 0.359 e. The van der Waals surface area contributed by atoms with Crippen molar-refractivity contribution in [2.24, 2.45) is 0 Å². The first-order valence-corrected chi connectivity index (χ1v) is 6.68. The highest BCUT2D eigenvalue weighted by atomic mass is 32.2. The monoisotopic (exact) mass is 280 g/mol. The van der Waals surface area contributed by atoms with Gasteiger partial charge < -0.3 is 4.74 Å². The minimum absolute atomic E-state index is 0.0120. The van der Waals surface area contributed by atoms with Crippen LogP contribution in [0.25, 0.3) is 0 Å². The Labute approximate surface area is 113 Å². The normalized spacial score (nSPS) is 14.1. The van der Waals surface area contributed by atoms with Crippen molar-refractivity contribution >= 4 is 29.3 Å². The van der Waals surface area contributed by atoms with E-state index in [2.05, 4.69) is 14.9 Å². The molecule has 1 aromatic rings. The van der Waals surface area contributed by atoms with Crippen molar-refractivity contribution in [3.8, 4) is 0 Å². The Morgan fingerprint density at radius 3 is 2.84 bits per heavy atom. The molecule has 100 valence electrons. The highest BCUT2D eigenvalue weighted by Crippen LogP contribution is 2.29. The number of ether oxygens (including phenoxy) is 1. The number of esters is 1. The second kappa shape index (κ2) is 5.40. The molecule has 7 heteroatoms. The van der Waals surface area contributed by atoms with Crippen LogP contribution in [0, 0.1) is 0 Å². The van der Waals surface area contributed by atoms with Gasteiger partial charge in [0, 0.05) is 6.08 Å². The van der Waals surface area contributed by atoms with E-state index in [1.807, 2.05) is 6.92 Å². The van der Waals surface area contributed by atoms with Gasteiger partial charge in [-0.1, -0.05) is 6.92 Å². The molecule has 19 heavy (non-hydrogen) atoms. The molecule has 1 heterocycles. The van der Waals surface area contributed by atoms with Crippen molar-refractivity contribution in [1.29, 1.82) is 0 Å². The summed E-state index contributed by atoms with van der Waals surface area (Å²) in [5, 5.41) is 6.12. The van der Waals surface area contributed by atoms with Crippen molar-refractivity contribution in [3.05, 3.63) is 27.9 Å². The zero-order chi connectivity index (χ0) is 14.0. The molecule has 0 unspecified atom stereocenters. The number of H-pyrrole nitrogens is 1. The maximum absolute atomic E-state index is 12.3. The summed E-state index contributed by atoms with van der Waals surface area (Å²) in [5.41, 5.74) is -0.0808. The predicted octanol–water partition coefficient (Wildman–Crippen LogP) is 1.60. The van der Waals surface area contributed by atoms with Gasteiger partial charge in [0.15, 0.2) is 5.69 Å². The maximum Gasteiger partial charge on any atom is 0.359 e. The summed E-state index contributed by atoms with van der Waals surface area (Å²) in [5.74, 6) is -0.718. The Kier molecular flexibility index (Phi) is 3.84. The third-order valence-corrected chi connectivity index (χ3v) is 3.79. The number of carbonyl (C=O) groups is 3. The van der Waals surface area contributed by atoms with Gasteiger partial charge in [0.1, 0.15) is 5.69 Å². The van der Waals surface area contributed by atoms with Gasteiger partial charge in [-0.3, -0.25) is 14.7 Å². The van der Waals surface area contributed by atoms with Crippen LogP contribution in [0.3, 0.4) is 0 Å². The van der Waals surface area contributed by atoms with Gasteiger partial charge in [0.2, 0.25) is 11.6 Å². The molecule has 0 aliphatic heterocycles. The SMILES string of the molecule is CCCSC1=CC(=O)c2[nH]nc(C(=O)OC)c2C1=O. The zero-order valence-electron chi connectivity index (χ0n) is 10.5. The van der Waals surface area contributed by atoms with Crippen LogP contribution in [0.2, 0.25) is 0 Å². The molecule has 1 aliphatic carbocycles. The number of hydrogen-bond acceptors (Lipinski definition) is 6. The lowest BCUT2D eigenvalue weighted by Crippen LogP contribution is -2.18. The van der Waals surface area contributed by atoms with Crippen LogP contribution in [0.15, 0.2) is 11.0 Å². The average molecular weight is 280 g/mol. The first kappa shape index (κ1) is 13.5. The minimum Gasteiger partial charge on any atom is -0.464 e. The van der Waals surface area contributed by atoms with Crippen LogP contribution >= 0.6 is 11.8 Å². The molecule has 2 rings (SSSR count). The molecular weight excluding hydrogens is 268 g/mol. The molecule has 0 aromatic carbocycles. The number of Topliss-reactive ketones (excluding diaryl/α,β-unsaturated/α-hetero) is 1. The van der Waals surface area contributed by atoms with Crippen LogP contribution in [-0.4, -0.2) is 40.6 Å². The molecule has 1 N–H and O–H groups in total. The highest BCUT2D eigenvalue weighted by molar-refractivity contribution is 8.04. The number of nitrogens with one attached hydrogen (secondary N) is 1. The molecule has 0 saturated heterocycles. The summed E-state index contributed by atoms with van der Waals surface area (Å²) in [6.07, 6.45) is 2.16. The standard InChI is InChI=1S/C12H12N2O4S/c1-3-4-19-7-5-6(15)9-8(11(7)16)10(14-13-9)12(17)18-2/h5H,3-4H2,1-2H3,(H,13,14). The van der Waals surface area contributed by atoms with Gasteiger partial charge in [-0.15, -0.1) is 11.8 Å². The largest absolute Gasteiger partial charge is 0.464 e. The third-order valence-electron chi connectivity index (χ3n) is 2.57. The Bertz CT molecular complexity index is 589. The van der Waals surface area contributed by atoms with Gasteiger partial charge >= 0.3 is 5.97 Å². The van der Waals surface area contributed by atoms with E-state index in [1.54, 1.807) is 0 Å². The van der Waals surface area contributed by atoms with E-state index in [-0.39, 0.29) is 28.5 Å². The van der Waals surface area contributed by atoms with E-state index in [0.29, 0.717) is 4.91 Å². The van der Waals surface area contributed by atoms with Crippen LogP contribution in [0.5, 0.6) is 0 Å². The molecular formula is C12H12N2O4S. The summed E-state index contributed by atoms with van der Waals surface area (Å²) < 4.78 is 4.55. The van der Waals surface area contributed by atoms with Gasteiger partial charge in [-0.2, -0.15) is 5.10 Å². The fraction of sp³-hybridized carbons (Fsp3) is 0.333. The highest BCUT2D eigenvalue weighted by Gasteiger charge is 2.33. The van der Waals surface area contributed by atoms with Gasteiger partial charge in [0.05, 0.1) is 17.6 Å². The lowest BCUT2D eigenvalue weighted by molar-refractivity contribution is 0.0591. The molecule has 0 radical (unpaired) electrons. The number of methoxy groups -OCH3 is 1. The van der Waals surface area contributed by atoms with Gasteiger partial charge in [-0.05, 0) is 12.2 Å². The van der Waals surface area contributed by atoms with Crippen molar-refractivity contribution in [3.63, 3.8) is 0 Å². The molecule has 0 fully saturated rings. The van der Waals surface area contributed by atoms with E-state index < -0.39 is 5.97 Å². The summed E-state index contributed by atoms with van der Waals surface area (Å²) in [6, 6.07) is 0. The van der Waals surface area contributed by atoms with Crippen molar-refractivity contribution < 1.29 is 19.1 Å². The van der Waals surface area contributed by atoms with Gasteiger partial charge in [-0.25, -0.2) is 4.79 Å². The second-order valence-corrected chi connectivity index (χ2v) is 5.00. The fourth-order valence-electron chi connectivity index (χ4n) is 1.68. The molecule has 0 amide bonds. The topological polar surface area (TPSA) is 89.1 Å². The lowest BCUT2D eigenvalue weighted by Gasteiger charge is -2.11. The van der Waals surface area contributed by atoms with Crippen molar-refractivity contribution in [2.75, 3.05) is 12.9 Å². The first-order valence-electron chi connectivity index (χ1n) is 5.70. The number of aromatic amines is 1. The van der Waals surface area contributed by atoms with Crippen molar-refractivity contribution in [2.45, 2.75) is 13.3 Å². The van der Waals surface area contributed by atoms with Crippen LogP contribution in [-0.2, 0) is 4.74 Å². The van der Waals surface area contributed by atoms with Crippen LogP contribution in [0.1, 0.15) is 44.7 Å². The summed E-state index contributed by atoms with van der Waals surface area (Å²) in [4.78, 5) is 36.0. The molecule has 0 bridgehead atoms. The number of rotatable bonds is 4. The molecule has 0 saturated carbocycles. The van der Waals surface area contributed by atoms with E-state index in [0.717, 1.165) is 12.2 Å². The molecule has 6 nitrogen and oxygen atoms in total. The number of hydrogen-bond donors (Lipinski definition) is 1.